The average molecular weight is 410 g/mol. The van der Waals surface area contributed by atoms with Crippen molar-refractivity contribution in [3.05, 3.63) is 43.8 Å². The molecule has 0 amide bonds. The van der Waals surface area contributed by atoms with E-state index in [0.717, 1.165) is 34.4 Å². The first-order chi connectivity index (χ1) is 11.4. The van der Waals surface area contributed by atoms with Crippen molar-refractivity contribution < 1.29 is 14.3 Å². The van der Waals surface area contributed by atoms with Crippen molar-refractivity contribution in [1.29, 1.82) is 0 Å². The Bertz CT molecular complexity index is 790. The van der Waals surface area contributed by atoms with Crippen LogP contribution in [0.15, 0.2) is 22.0 Å². The number of carbonyl (C=O) groups is 2. The summed E-state index contributed by atoms with van der Waals surface area (Å²) in [6.07, 6.45) is 1.51. The molecule has 0 aliphatic carbocycles. The van der Waals surface area contributed by atoms with Gasteiger partial charge in [-0.2, -0.15) is 0 Å². The lowest BCUT2D eigenvalue weighted by molar-refractivity contribution is -0.149. The molecule has 1 atom stereocenters. The molecule has 128 valence electrons. The molecule has 0 fully saturated rings. The molecule has 0 N–H and O–H groups in total. The third-order valence-corrected chi connectivity index (χ3v) is 5.82. The number of ketones is 1. The zero-order valence-corrected chi connectivity index (χ0v) is 16.4. The Balaban J connectivity index is 1.98. The molecule has 3 heterocycles. The summed E-state index contributed by atoms with van der Waals surface area (Å²) in [4.78, 5) is 26.0. The molecule has 4 nitrogen and oxygen atoms in total. The van der Waals surface area contributed by atoms with Crippen LogP contribution in [-0.2, 0) is 16.1 Å². The Hall–Kier alpha value is -1.40. The van der Waals surface area contributed by atoms with E-state index in [1.165, 1.54) is 11.3 Å². The van der Waals surface area contributed by atoms with Crippen molar-refractivity contribution in [3.8, 4) is 0 Å². The van der Waals surface area contributed by atoms with E-state index in [2.05, 4.69) is 15.9 Å². The maximum atomic E-state index is 12.9. The Morgan fingerprint density at radius 1 is 1.38 bits per heavy atom. The smallest absolute Gasteiger partial charge is 0.315 e. The minimum atomic E-state index is -0.281. The van der Waals surface area contributed by atoms with Gasteiger partial charge >= 0.3 is 5.97 Å². The molecule has 0 bridgehead atoms. The molecule has 2 aromatic heterocycles. The van der Waals surface area contributed by atoms with E-state index >= 15 is 0 Å². The topological polar surface area (TPSA) is 48.3 Å². The van der Waals surface area contributed by atoms with Crippen LogP contribution in [0.4, 0.5) is 0 Å². The number of halogens is 1. The molecule has 0 saturated carbocycles. The van der Waals surface area contributed by atoms with E-state index in [4.69, 9.17) is 4.74 Å². The van der Waals surface area contributed by atoms with Gasteiger partial charge in [-0.25, -0.2) is 0 Å². The highest BCUT2D eigenvalue weighted by atomic mass is 79.9. The maximum Gasteiger partial charge on any atom is 0.315 e. The van der Waals surface area contributed by atoms with E-state index in [1.54, 1.807) is 0 Å². The molecular formula is C18H20BrNO3S. The first-order valence-electron chi connectivity index (χ1n) is 8.09. The van der Waals surface area contributed by atoms with Crippen LogP contribution in [0.5, 0.6) is 0 Å². The van der Waals surface area contributed by atoms with E-state index in [9.17, 15) is 9.59 Å². The van der Waals surface area contributed by atoms with Gasteiger partial charge in [-0.05, 0) is 73.3 Å². The van der Waals surface area contributed by atoms with E-state index < -0.39 is 0 Å². The molecule has 0 radical (unpaired) electrons. The molecule has 6 heteroatoms. The van der Waals surface area contributed by atoms with Crippen molar-refractivity contribution in [2.45, 2.75) is 52.2 Å². The summed E-state index contributed by atoms with van der Waals surface area (Å²) >= 11 is 4.84. The summed E-state index contributed by atoms with van der Waals surface area (Å²) in [6, 6.07) is 5.70. The van der Waals surface area contributed by atoms with Gasteiger partial charge in [0.2, 0.25) is 5.78 Å². The first kappa shape index (κ1) is 17.4. The monoisotopic (exact) mass is 409 g/mol. The number of hydrogen-bond donors (Lipinski definition) is 0. The van der Waals surface area contributed by atoms with Crippen LogP contribution >= 0.6 is 27.3 Å². The number of nitrogens with zero attached hydrogens (tertiary/aromatic N) is 1. The van der Waals surface area contributed by atoms with Crippen molar-refractivity contribution in [3.63, 3.8) is 0 Å². The van der Waals surface area contributed by atoms with Gasteiger partial charge in [-0.15, -0.1) is 11.3 Å². The molecule has 24 heavy (non-hydrogen) atoms. The van der Waals surface area contributed by atoms with Crippen molar-refractivity contribution in [1.82, 2.24) is 4.57 Å². The van der Waals surface area contributed by atoms with Crippen molar-refractivity contribution >= 4 is 39.0 Å². The summed E-state index contributed by atoms with van der Waals surface area (Å²) < 4.78 is 8.36. The van der Waals surface area contributed by atoms with Crippen LogP contribution < -0.4 is 0 Å². The van der Waals surface area contributed by atoms with Gasteiger partial charge in [-0.3, -0.25) is 9.59 Å². The van der Waals surface area contributed by atoms with Gasteiger partial charge in [0.15, 0.2) is 0 Å². The number of rotatable bonds is 4. The normalized spacial score (nSPS) is 17.0. The fourth-order valence-electron chi connectivity index (χ4n) is 3.25. The predicted octanol–water partition coefficient (Wildman–Crippen LogP) is 4.68. The number of ether oxygens (including phenoxy) is 1. The van der Waals surface area contributed by atoms with Gasteiger partial charge < -0.3 is 9.30 Å². The second-order valence-electron chi connectivity index (χ2n) is 6.37. The number of esters is 1. The largest absolute Gasteiger partial charge is 0.462 e. The molecule has 1 aliphatic heterocycles. The summed E-state index contributed by atoms with van der Waals surface area (Å²) in [6.45, 7) is 6.41. The zero-order valence-electron chi connectivity index (χ0n) is 14.0. The molecular weight excluding hydrogens is 390 g/mol. The van der Waals surface area contributed by atoms with Crippen molar-refractivity contribution in [2.24, 2.45) is 0 Å². The van der Waals surface area contributed by atoms with Crippen LogP contribution in [0, 0.1) is 6.92 Å². The summed E-state index contributed by atoms with van der Waals surface area (Å²) in [5.74, 6) is -0.454. The second kappa shape index (κ2) is 6.84. The summed E-state index contributed by atoms with van der Waals surface area (Å²) in [7, 11) is 0. The average Bonchev–Trinajstić information content (AvgIpc) is 3.08. The van der Waals surface area contributed by atoms with E-state index in [0.29, 0.717) is 10.6 Å². The number of aryl methyl sites for hydroxylation is 1. The maximum absolute atomic E-state index is 12.9. The Kier molecular flexibility index (Phi) is 4.97. The number of aromatic nitrogens is 1. The van der Waals surface area contributed by atoms with Crippen LogP contribution in [0.2, 0.25) is 0 Å². The first-order valence-corrected chi connectivity index (χ1v) is 9.70. The molecule has 0 saturated heterocycles. The van der Waals surface area contributed by atoms with Crippen LogP contribution in [0.3, 0.4) is 0 Å². The lowest BCUT2D eigenvalue weighted by Crippen LogP contribution is -2.27. The minimum absolute atomic E-state index is 0.0207. The van der Waals surface area contributed by atoms with Crippen LogP contribution in [0.25, 0.3) is 0 Å². The fraction of sp³-hybridized carbons (Fsp3) is 0.444. The Labute approximate surface area is 153 Å². The van der Waals surface area contributed by atoms with Gasteiger partial charge in [0, 0.05) is 12.2 Å². The fourth-order valence-corrected chi connectivity index (χ4v) is 4.58. The van der Waals surface area contributed by atoms with Gasteiger partial charge in [0.1, 0.15) is 0 Å². The standard InChI is InChI=1S/C18H20BrNO3S/c1-10(2)23-18(22)12-5-4-8-20-13(12)9-11(3)16(20)17(21)14-6-7-15(19)24-14/h6-7,9-10,12H,4-5,8H2,1-3H3. The number of thiophene rings is 1. The van der Waals surface area contributed by atoms with Gasteiger partial charge in [0.05, 0.1) is 26.4 Å². The molecule has 1 aliphatic rings. The summed E-state index contributed by atoms with van der Waals surface area (Å²) in [5, 5.41) is 0. The predicted molar refractivity (Wildman–Crippen MR) is 97.8 cm³/mol. The summed E-state index contributed by atoms with van der Waals surface area (Å²) in [5.41, 5.74) is 2.52. The highest BCUT2D eigenvalue weighted by Crippen LogP contribution is 2.34. The third kappa shape index (κ3) is 3.22. The number of hydrogen-bond acceptors (Lipinski definition) is 4. The van der Waals surface area contributed by atoms with E-state index in [-0.39, 0.29) is 23.8 Å². The number of fused-ring (bicyclic) bond motifs is 1. The molecule has 1 unspecified atom stereocenters. The SMILES string of the molecule is Cc1cc2n(c1C(=O)c1ccc(Br)s1)CCCC2C(=O)OC(C)C. The number of carbonyl (C=O) groups excluding carboxylic acids is 2. The zero-order chi connectivity index (χ0) is 17.4. The van der Waals surface area contributed by atoms with Crippen LogP contribution in [-0.4, -0.2) is 22.4 Å². The molecule has 3 rings (SSSR count). The Morgan fingerprint density at radius 2 is 2.12 bits per heavy atom. The lowest BCUT2D eigenvalue weighted by atomic mass is 9.96. The minimum Gasteiger partial charge on any atom is -0.462 e. The molecule has 0 aromatic carbocycles. The van der Waals surface area contributed by atoms with E-state index in [1.807, 2.05) is 43.5 Å². The molecule has 2 aromatic rings. The molecule has 0 spiro atoms. The third-order valence-electron chi connectivity index (χ3n) is 4.20. The van der Waals surface area contributed by atoms with Crippen LogP contribution in [0.1, 0.15) is 59.2 Å². The van der Waals surface area contributed by atoms with Crippen molar-refractivity contribution in [2.75, 3.05) is 0 Å². The van der Waals surface area contributed by atoms with Gasteiger partial charge in [0.25, 0.3) is 0 Å². The quantitative estimate of drug-likeness (QED) is 0.543. The highest BCUT2D eigenvalue weighted by Gasteiger charge is 2.33. The second-order valence-corrected chi connectivity index (χ2v) is 8.83. The van der Waals surface area contributed by atoms with Gasteiger partial charge in [-0.1, -0.05) is 0 Å². The Morgan fingerprint density at radius 3 is 2.75 bits per heavy atom. The lowest BCUT2D eigenvalue weighted by Gasteiger charge is -2.25. The highest BCUT2D eigenvalue weighted by molar-refractivity contribution is 9.11.